The topological polar surface area (TPSA) is 95.1 Å². The molecule has 0 saturated heterocycles. The minimum Gasteiger partial charge on any atom is -0.485 e. The quantitative estimate of drug-likeness (QED) is 0.450. The smallest absolute Gasteiger partial charge is 0.234 e. The molecule has 28 heavy (non-hydrogen) atoms. The molecule has 1 amide bonds. The average molecular weight is 418 g/mol. The fraction of sp³-hybridized carbons (Fsp3) is 0.211. The number of hydrogen-bond acceptors (Lipinski definition) is 6. The standard InChI is InChI=1S/C19H20ClN5O2S/c1-12-6-5-7-13(2)18(12)27-10-16-23-24-19(25(16)21)28-11-17(26)22-15-9-4-3-8-14(15)20/h3-9H,10-11,21H2,1-2H3,(H,22,26). The Morgan fingerprint density at radius 3 is 2.61 bits per heavy atom. The summed E-state index contributed by atoms with van der Waals surface area (Å²) >= 11 is 7.22. The van der Waals surface area contributed by atoms with Crippen LogP contribution < -0.4 is 15.9 Å². The number of amides is 1. The van der Waals surface area contributed by atoms with Gasteiger partial charge in [-0.3, -0.25) is 4.79 Å². The summed E-state index contributed by atoms with van der Waals surface area (Å²) in [6, 6.07) is 13.0. The Balaban J connectivity index is 1.57. The molecule has 3 aromatic rings. The lowest BCUT2D eigenvalue weighted by Gasteiger charge is -2.11. The van der Waals surface area contributed by atoms with Crippen molar-refractivity contribution in [2.45, 2.75) is 25.6 Å². The van der Waals surface area contributed by atoms with Gasteiger partial charge in [0.2, 0.25) is 11.1 Å². The van der Waals surface area contributed by atoms with Crippen LogP contribution in [0.1, 0.15) is 17.0 Å². The van der Waals surface area contributed by atoms with Gasteiger partial charge in [-0.15, -0.1) is 10.2 Å². The van der Waals surface area contributed by atoms with E-state index in [0.29, 0.717) is 21.7 Å². The Morgan fingerprint density at radius 1 is 1.18 bits per heavy atom. The lowest BCUT2D eigenvalue weighted by molar-refractivity contribution is -0.113. The molecule has 146 valence electrons. The highest BCUT2D eigenvalue weighted by atomic mass is 35.5. The summed E-state index contributed by atoms with van der Waals surface area (Å²) in [6.07, 6.45) is 0. The predicted octanol–water partition coefficient (Wildman–Crippen LogP) is 3.57. The molecule has 0 bridgehead atoms. The van der Waals surface area contributed by atoms with Crippen molar-refractivity contribution < 1.29 is 9.53 Å². The van der Waals surface area contributed by atoms with Gasteiger partial charge in [-0.1, -0.05) is 53.7 Å². The molecule has 0 saturated carbocycles. The number of nitrogens with two attached hydrogens (primary N) is 1. The van der Waals surface area contributed by atoms with E-state index >= 15 is 0 Å². The van der Waals surface area contributed by atoms with Crippen molar-refractivity contribution >= 4 is 35.0 Å². The van der Waals surface area contributed by atoms with Gasteiger partial charge in [0, 0.05) is 0 Å². The van der Waals surface area contributed by atoms with Crippen molar-refractivity contribution in [3.8, 4) is 5.75 Å². The van der Waals surface area contributed by atoms with Crippen LogP contribution in [0.4, 0.5) is 5.69 Å². The molecule has 0 spiro atoms. The van der Waals surface area contributed by atoms with Crippen LogP contribution in [0.5, 0.6) is 5.75 Å². The van der Waals surface area contributed by atoms with Crippen LogP contribution in [0.15, 0.2) is 47.6 Å². The van der Waals surface area contributed by atoms with Crippen molar-refractivity contribution in [2.24, 2.45) is 0 Å². The predicted molar refractivity (Wildman–Crippen MR) is 111 cm³/mol. The van der Waals surface area contributed by atoms with Gasteiger partial charge in [0.15, 0.2) is 5.82 Å². The van der Waals surface area contributed by atoms with Crippen LogP contribution in [0.2, 0.25) is 5.02 Å². The number of ether oxygens (including phenoxy) is 1. The summed E-state index contributed by atoms with van der Waals surface area (Å²) in [4.78, 5) is 12.1. The molecular weight excluding hydrogens is 398 g/mol. The number of para-hydroxylation sites is 2. The summed E-state index contributed by atoms with van der Waals surface area (Å²) in [5, 5.41) is 11.7. The Hall–Kier alpha value is -2.71. The molecule has 2 aromatic carbocycles. The lowest BCUT2D eigenvalue weighted by atomic mass is 10.1. The normalized spacial score (nSPS) is 10.7. The number of nitrogen functional groups attached to an aromatic ring is 1. The number of nitrogens with one attached hydrogen (secondary N) is 1. The van der Waals surface area contributed by atoms with E-state index < -0.39 is 0 Å². The highest BCUT2D eigenvalue weighted by Gasteiger charge is 2.14. The fourth-order valence-electron chi connectivity index (χ4n) is 2.55. The molecule has 9 heteroatoms. The Labute approximate surface area is 172 Å². The van der Waals surface area contributed by atoms with Gasteiger partial charge in [0.05, 0.1) is 16.5 Å². The third kappa shape index (κ3) is 4.76. The Morgan fingerprint density at radius 2 is 1.89 bits per heavy atom. The summed E-state index contributed by atoms with van der Waals surface area (Å²) in [5.74, 6) is 7.23. The second-order valence-corrected chi connectivity index (χ2v) is 7.44. The van der Waals surface area contributed by atoms with Gasteiger partial charge in [-0.25, -0.2) is 4.68 Å². The van der Waals surface area contributed by atoms with Crippen molar-refractivity contribution in [1.29, 1.82) is 0 Å². The van der Waals surface area contributed by atoms with Crippen LogP contribution in [0, 0.1) is 13.8 Å². The second kappa shape index (κ2) is 8.99. The van der Waals surface area contributed by atoms with Gasteiger partial charge >= 0.3 is 0 Å². The van der Waals surface area contributed by atoms with Crippen LogP contribution >= 0.6 is 23.4 Å². The van der Waals surface area contributed by atoms with E-state index in [0.717, 1.165) is 16.9 Å². The van der Waals surface area contributed by atoms with E-state index in [1.807, 2.05) is 32.0 Å². The van der Waals surface area contributed by atoms with Crippen molar-refractivity contribution in [3.05, 3.63) is 64.4 Å². The first-order chi connectivity index (χ1) is 13.5. The first kappa shape index (κ1) is 20.0. The number of carbonyl (C=O) groups excluding carboxylic acids is 1. The summed E-state index contributed by atoms with van der Waals surface area (Å²) < 4.78 is 7.19. The van der Waals surface area contributed by atoms with Gasteiger partial charge in [-0.2, -0.15) is 0 Å². The zero-order valence-corrected chi connectivity index (χ0v) is 17.0. The molecule has 0 fully saturated rings. The van der Waals surface area contributed by atoms with E-state index in [-0.39, 0.29) is 18.3 Å². The molecule has 7 nitrogen and oxygen atoms in total. The van der Waals surface area contributed by atoms with Gasteiger partial charge in [-0.05, 0) is 37.1 Å². The van der Waals surface area contributed by atoms with Gasteiger partial charge in [0.1, 0.15) is 12.4 Å². The largest absolute Gasteiger partial charge is 0.485 e. The molecule has 0 aliphatic rings. The first-order valence-electron chi connectivity index (χ1n) is 8.51. The van der Waals surface area contributed by atoms with E-state index in [1.165, 1.54) is 16.4 Å². The van der Waals surface area contributed by atoms with Crippen LogP contribution in [0.25, 0.3) is 0 Å². The van der Waals surface area contributed by atoms with Crippen molar-refractivity contribution in [2.75, 3.05) is 16.9 Å². The maximum atomic E-state index is 12.1. The maximum absolute atomic E-state index is 12.1. The number of aromatic nitrogens is 3. The molecule has 1 heterocycles. The first-order valence-corrected chi connectivity index (χ1v) is 9.87. The van der Waals surface area contributed by atoms with Gasteiger partial charge < -0.3 is 15.9 Å². The SMILES string of the molecule is Cc1cccc(C)c1OCc1nnc(SCC(=O)Nc2ccccc2Cl)n1N. The van der Waals surface area contributed by atoms with Crippen LogP contribution in [0.3, 0.4) is 0 Å². The zero-order valence-electron chi connectivity index (χ0n) is 15.5. The maximum Gasteiger partial charge on any atom is 0.234 e. The second-order valence-electron chi connectivity index (χ2n) is 6.10. The average Bonchev–Trinajstić information content (AvgIpc) is 3.01. The Kier molecular flexibility index (Phi) is 6.43. The summed E-state index contributed by atoms with van der Waals surface area (Å²) in [6.45, 7) is 4.14. The number of benzene rings is 2. The van der Waals surface area contributed by atoms with Crippen LogP contribution in [-0.2, 0) is 11.4 Å². The number of rotatable bonds is 7. The Bertz CT molecular complexity index is 972. The summed E-state index contributed by atoms with van der Waals surface area (Å²) in [7, 11) is 0. The number of hydrogen-bond donors (Lipinski definition) is 2. The van der Waals surface area contributed by atoms with E-state index in [2.05, 4.69) is 15.5 Å². The third-order valence-corrected chi connectivity index (χ3v) is 5.24. The van der Waals surface area contributed by atoms with Gasteiger partial charge in [0.25, 0.3) is 0 Å². The minimum absolute atomic E-state index is 0.123. The highest BCUT2D eigenvalue weighted by molar-refractivity contribution is 7.99. The van der Waals surface area contributed by atoms with E-state index in [4.69, 9.17) is 22.2 Å². The number of halogens is 1. The summed E-state index contributed by atoms with van der Waals surface area (Å²) in [5.41, 5.74) is 2.63. The third-order valence-electron chi connectivity index (χ3n) is 3.97. The van der Waals surface area contributed by atoms with E-state index in [1.54, 1.807) is 24.3 Å². The molecule has 0 atom stereocenters. The van der Waals surface area contributed by atoms with E-state index in [9.17, 15) is 4.79 Å². The minimum atomic E-state index is -0.213. The van der Waals surface area contributed by atoms with Crippen molar-refractivity contribution in [3.63, 3.8) is 0 Å². The number of aryl methyl sites for hydroxylation is 2. The monoisotopic (exact) mass is 417 g/mol. The molecule has 0 unspecified atom stereocenters. The van der Waals surface area contributed by atoms with Crippen LogP contribution in [-0.4, -0.2) is 26.5 Å². The van der Waals surface area contributed by atoms with Crippen molar-refractivity contribution in [1.82, 2.24) is 14.9 Å². The molecule has 0 aliphatic carbocycles. The molecule has 0 aliphatic heterocycles. The number of carbonyl (C=O) groups is 1. The fourth-order valence-corrected chi connectivity index (χ4v) is 3.40. The zero-order chi connectivity index (χ0) is 20.1. The molecular formula is C19H20ClN5O2S. The molecule has 3 N–H and O–H groups in total. The molecule has 0 radical (unpaired) electrons. The molecule has 3 rings (SSSR count). The number of anilines is 1. The number of nitrogens with zero attached hydrogens (tertiary/aromatic N) is 3. The highest BCUT2D eigenvalue weighted by Crippen LogP contribution is 2.24. The molecule has 1 aromatic heterocycles. The number of thioether (sulfide) groups is 1. The lowest BCUT2D eigenvalue weighted by Crippen LogP contribution is -2.18.